The number of hydrogen-bond acceptors (Lipinski definition) is 4. The molecule has 5 aromatic rings. The molecular formula is C24H20FN5O. The van der Waals surface area contributed by atoms with E-state index in [1.54, 1.807) is 31.8 Å². The van der Waals surface area contributed by atoms with Crippen molar-refractivity contribution in [3.8, 4) is 22.7 Å². The first kappa shape index (κ1) is 18.9. The van der Waals surface area contributed by atoms with Crippen molar-refractivity contribution < 1.29 is 9.13 Å². The Labute approximate surface area is 178 Å². The van der Waals surface area contributed by atoms with E-state index in [0.29, 0.717) is 0 Å². The van der Waals surface area contributed by atoms with E-state index in [0.717, 1.165) is 45.4 Å². The second-order valence-corrected chi connectivity index (χ2v) is 7.20. The smallest absolute Gasteiger partial charge is 0.161 e. The van der Waals surface area contributed by atoms with E-state index < -0.39 is 0 Å². The van der Waals surface area contributed by atoms with Gasteiger partial charge in [-0.25, -0.2) is 14.4 Å². The third kappa shape index (κ3) is 3.50. The second-order valence-electron chi connectivity index (χ2n) is 7.20. The van der Waals surface area contributed by atoms with Crippen molar-refractivity contribution in [1.82, 2.24) is 18.9 Å². The van der Waals surface area contributed by atoms with Crippen LogP contribution in [0.5, 0.6) is 5.75 Å². The summed E-state index contributed by atoms with van der Waals surface area (Å²) in [6, 6.07) is 16.2. The molecule has 6 nitrogen and oxygen atoms in total. The molecular weight excluding hydrogens is 393 g/mol. The van der Waals surface area contributed by atoms with Crippen molar-refractivity contribution in [2.45, 2.75) is 6.92 Å². The summed E-state index contributed by atoms with van der Waals surface area (Å²) in [5.74, 6) is 0.466. The number of benzene rings is 2. The summed E-state index contributed by atoms with van der Waals surface area (Å²) in [6.45, 7) is 1.95. The van der Waals surface area contributed by atoms with Crippen molar-refractivity contribution in [1.29, 1.82) is 0 Å². The van der Waals surface area contributed by atoms with Crippen LogP contribution in [-0.4, -0.2) is 26.0 Å². The van der Waals surface area contributed by atoms with Gasteiger partial charge in [-0.05, 0) is 55.5 Å². The highest BCUT2D eigenvalue weighted by Crippen LogP contribution is 2.31. The zero-order valence-corrected chi connectivity index (χ0v) is 17.1. The van der Waals surface area contributed by atoms with Crippen LogP contribution in [0, 0.1) is 12.7 Å². The Morgan fingerprint density at radius 1 is 1.03 bits per heavy atom. The zero-order chi connectivity index (χ0) is 21.4. The molecule has 0 amide bonds. The summed E-state index contributed by atoms with van der Waals surface area (Å²) in [5.41, 5.74) is 6.13. The minimum atomic E-state index is -0.261. The van der Waals surface area contributed by atoms with E-state index >= 15 is 0 Å². The Morgan fingerprint density at radius 3 is 2.61 bits per heavy atom. The Hall–Kier alpha value is -4.13. The minimum Gasteiger partial charge on any atom is -0.494 e. The number of hydrogen-bond donors (Lipinski definition) is 1. The number of pyridine rings is 1. The molecule has 0 radical (unpaired) electrons. The number of imidazole rings is 2. The lowest BCUT2D eigenvalue weighted by Gasteiger charge is -2.13. The quantitative estimate of drug-likeness (QED) is 0.420. The fourth-order valence-electron chi connectivity index (χ4n) is 3.62. The summed E-state index contributed by atoms with van der Waals surface area (Å²) in [4.78, 5) is 8.87. The molecule has 3 heterocycles. The predicted octanol–water partition coefficient (Wildman–Crippen LogP) is 5.39. The largest absolute Gasteiger partial charge is 0.494 e. The van der Waals surface area contributed by atoms with Crippen LogP contribution in [0.2, 0.25) is 0 Å². The van der Waals surface area contributed by atoms with Crippen LogP contribution in [0.3, 0.4) is 0 Å². The fraction of sp³-hybridized carbons (Fsp3) is 0.0833. The number of halogens is 1. The summed E-state index contributed by atoms with van der Waals surface area (Å²) < 4.78 is 22.8. The van der Waals surface area contributed by atoms with Crippen LogP contribution in [0.4, 0.5) is 15.8 Å². The fourth-order valence-corrected chi connectivity index (χ4v) is 3.62. The molecule has 0 aliphatic heterocycles. The number of ether oxygens (including phenoxy) is 1. The first-order chi connectivity index (χ1) is 15.1. The summed E-state index contributed by atoms with van der Waals surface area (Å²) in [5, 5.41) is 3.43. The molecule has 31 heavy (non-hydrogen) atoms. The van der Waals surface area contributed by atoms with E-state index in [1.165, 1.54) is 12.1 Å². The highest BCUT2D eigenvalue weighted by atomic mass is 19.1. The highest BCUT2D eigenvalue weighted by molar-refractivity contribution is 5.78. The van der Waals surface area contributed by atoms with Gasteiger partial charge in [-0.3, -0.25) is 4.40 Å². The van der Waals surface area contributed by atoms with Gasteiger partial charge in [0.05, 0.1) is 42.4 Å². The average Bonchev–Trinajstić information content (AvgIpc) is 3.41. The predicted molar refractivity (Wildman–Crippen MR) is 119 cm³/mol. The van der Waals surface area contributed by atoms with E-state index in [1.807, 2.05) is 58.6 Å². The van der Waals surface area contributed by atoms with E-state index in [2.05, 4.69) is 15.3 Å². The van der Waals surface area contributed by atoms with Crippen molar-refractivity contribution in [3.63, 3.8) is 0 Å². The third-order valence-electron chi connectivity index (χ3n) is 5.12. The topological polar surface area (TPSA) is 56.4 Å². The molecule has 0 bridgehead atoms. The first-order valence-corrected chi connectivity index (χ1v) is 9.80. The van der Waals surface area contributed by atoms with Gasteiger partial charge in [0.2, 0.25) is 0 Å². The lowest BCUT2D eigenvalue weighted by Crippen LogP contribution is -1.99. The van der Waals surface area contributed by atoms with Crippen molar-refractivity contribution >= 4 is 17.0 Å². The van der Waals surface area contributed by atoms with Gasteiger partial charge >= 0.3 is 0 Å². The van der Waals surface area contributed by atoms with Gasteiger partial charge in [-0.2, -0.15) is 0 Å². The van der Waals surface area contributed by atoms with Crippen LogP contribution >= 0.6 is 0 Å². The molecule has 0 atom stereocenters. The van der Waals surface area contributed by atoms with Gasteiger partial charge in [0, 0.05) is 29.7 Å². The number of aryl methyl sites for hydroxylation is 1. The van der Waals surface area contributed by atoms with Gasteiger partial charge in [0.25, 0.3) is 0 Å². The highest BCUT2D eigenvalue weighted by Gasteiger charge is 2.12. The van der Waals surface area contributed by atoms with Gasteiger partial charge in [-0.15, -0.1) is 0 Å². The molecule has 0 unspecified atom stereocenters. The van der Waals surface area contributed by atoms with Crippen LogP contribution in [0.15, 0.2) is 79.5 Å². The van der Waals surface area contributed by atoms with Crippen LogP contribution < -0.4 is 10.1 Å². The maximum atomic E-state index is 13.3. The van der Waals surface area contributed by atoms with Gasteiger partial charge in [-0.1, -0.05) is 0 Å². The van der Waals surface area contributed by atoms with E-state index in [4.69, 9.17) is 4.74 Å². The lowest BCUT2D eigenvalue weighted by molar-refractivity contribution is 0.413. The average molecular weight is 413 g/mol. The molecule has 0 aliphatic carbocycles. The Kier molecular flexibility index (Phi) is 4.63. The minimum absolute atomic E-state index is 0.261. The molecule has 154 valence electrons. The van der Waals surface area contributed by atoms with Gasteiger partial charge in [0.15, 0.2) is 5.65 Å². The van der Waals surface area contributed by atoms with Crippen molar-refractivity contribution in [2.75, 3.05) is 12.4 Å². The van der Waals surface area contributed by atoms with Crippen molar-refractivity contribution in [2.24, 2.45) is 0 Å². The molecule has 1 N–H and O–H groups in total. The molecule has 2 aromatic carbocycles. The van der Waals surface area contributed by atoms with Gasteiger partial charge in [0.1, 0.15) is 11.6 Å². The molecule has 0 aliphatic rings. The Balaban J connectivity index is 1.50. The van der Waals surface area contributed by atoms with Crippen LogP contribution in [-0.2, 0) is 0 Å². The van der Waals surface area contributed by atoms with Crippen LogP contribution in [0.25, 0.3) is 22.6 Å². The maximum Gasteiger partial charge on any atom is 0.161 e. The number of rotatable bonds is 5. The Bertz CT molecular complexity index is 1370. The van der Waals surface area contributed by atoms with Crippen LogP contribution in [0.1, 0.15) is 5.69 Å². The molecule has 7 heteroatoms. The van der Waals surface area contributed by atoms with E-state index in [-0.39, 0.29) is 5.82 Å². The van der Waals surface area contributed by atoms with Crippen molar-refractivity contribution in [3.05, 3.63) is 91.0 Å². The third-order valence-corrected chi connectivity index (χ3v) is 5.12. The molecule has 0 fully saturated rings. The normalized spacial score (nSPS) is 11.1. The SMILES string of the molecule is COc1cc(Nc2cccn3c(-c4ccc(F)cc4)cnc23)ccc1-n1cnc(C)c1. The Morgan fingerprint density at radius 2 is 1.87 bits per heavy atom. The standard InChI is InChI=1S/C24H20FN5O/c1-16-14-29(15-27-16)21-10-9-19(12-23(21)31-2)28-20-4-3-11-30-22(13-26-24(20)30)17-5-7-18(25)8-6-17/h3-15,28H,1-2H3. The number of fused-ring (bicyclic) bond motifs is 1. The van der Waals surface area contributed by atoms with Gasteiger partial charge < -0.3 is 14.6 Å². The molecule has 0 spiro atoms. The number of methoxy groups -OCH3 is 1. The maximum absolute atomic E-state index is 13.3. The van der Waals surface area contributed by atoms with E-state index in [9.17, 15) is 4.39 Å². The lowest BCUT2D eigenvalue weighted by atomic mass is 10.1. The zero-order valence-electron chi connectivity index (χ0n) is 17.1. The number of nitrogens with zero attached hydrogens (tertiary/aromatic N) is 4. The number of nitrogens with one attached hydrogen (secondary N) is 1. The molecule has 5 rings (SSSR count). The molecule has 3 aromatic heterocycles. The summed E-state index contributed by atoms with van der Waals surface area (Å²) in [6.07, 6.45) is 7.45. The second kappa shape index (κ2) is 7.60. The summed E-state index contributed by atoms with van der Waals surface area (Å²) >= 11 is 0. The number of anilines is 2. The summed E-state index contributed by atoms with van der Waals surface area (Å²) in [7, 11) is 1.65. The molecule has 0 saturated heterocycles. The molecule has 0 saturated carbocycles. The first-order valence-electron chi connectivity index (χ1n) is 9.80. The monoisotopic (exact) mass is 413 g/mol. The number of aromatic nitrogens is 4.